The lowest BCUT2D eigenvalue weighted by Crippen LogP contribution is -2.34. The van der Waals surface area contributed by atoms with Crippen molar-refractivity contribution in [2.75, 3.05) is 17.2 Å². The van der Waals surface area contributed by atoms with E-state index >= 15 is 0 Å². The van der Waals surface area contributed by atoms with Crippen LogP contribution in [0.25, 0.3) is 0 Å². The number of rotatable bonds is 5. The summed E-state index contributed by atoms with van der Waals surface area (Å²) in [5.41, 5.74) is 7.15. The van der Waals surface area contributed by atoms with Crippen molar-refractivity contribution in [1.29, 1.82) is 0 Å². The van der Waals surface area contributed by atoms with Gasteiger partial charge in [0, 0.05) is 11.8 Å². The highest BCUT2D eigenvalue weighted by Crippen LogP contribution is 2.12. The number of amides is 1. The number of aromatic amines is 1. The number of aromatic nitrogens is 2. The number of nitrogens with one attached hydrogen (secondary N) is 2. The van der Waals surface area contributed by atoms with Gasteiger partial charge in [0.1, 0.15) is 0 Å². The van der Waals surface area contributed by atoms with Gasteiger partial charge in [-0.15, -0.1) is 0 Å². The molecular weight excluding hydrogens is 224 g/mol. The fourth-order valence-corrected chi connectivity index (χ4v) is 1.91. The molecule has 0 aromatic carbocycles. The van der Waals surface area contributed by atoms with Crippen LogP contribution in [-0.2, 0) is 0 Å². The van der Waals surface area contributed by atoms with Crippen LogP contribution in [0.3, 0.4) is 0 Å². The van der Waals surface area contributed by atoms with E-state index in [2.05, 4.69) is 22.4 Å². The molecule has 4 N–H and O–H groups in total. The molecule has 0 aliphatic heterocycles. The third kappa shape index (κ3) is 3.16. The van der Waals surface area contributed by atoms with E-state index in [0.29, 0.717) is 5.69 Å². The zero-order chi connectivity index (χ0) is 12.1. The summed E-state index contributed by atoms with van der Waals surface area (Å²) in [6, 6.07) is 0.119. The van der Waals surface area contributed by atoms with Gasteiger partial charge in [-0.05, 0) is 19.6 Å². The van der Waals surface area contributed by atoms with Crippen molar-refractivity contribution in [2.24, 2.45) is 0 Å². The van der Waals surface area contributed by atoms with E-state index in [1.807, 2.05) is 6.92 Å². The average molecular weight is 242 g/mol. The first-order valence-corrected chi connectivity index (χ1v) is 6.40. The van der Waals surface area contributed by atoms with Crippen molar-refractivity contribution in [3.63, 3.8) is 0 Å². The van der Waals surface area contributed by atoms with Gasteiger partial charge in [0.05, 0.1) is 11.4 Å². The van der Waals surface area contributed by atoms with Crippen LogP contribution in [0.5, 0.6) is 0 Å². The Balaban J connectivity index is 2.55. The molecule has 1 aromatic heterocycles. The molecule has 0 bridgehead atoms. The van der Waals surface area contributed by atoms with E-state index in [1.54, 1.807) is 18.7 Å². The predicted octanol–water partition coefficient (Wildman–Crippen LogP) is 1.17. The first-order chi connectivity index (χ1) is 7.56. The number of nitrogen functional groups attached to an aromatic ring is 1. The number of carbonyl (C=O) groups excluding carboxylic acids is 1. The van der Waals surface area contributed by atoms with E-state index < -0.39 is 0 Å². The van der Waals surface area contributed by atoms with Gasteiger partial charge >= 0.3 is 0 Å². The largest absolute Gasteiger partial charge is 0.395 e. The van der Waals surface area contributed by atoms with E-state index in [9.17, 15) is 4.79 Å². The van der Waals surface area contributed by atoms with E-state index in [-0.39, 0.29) is 17.6 Å². The molecule has 0 saturated heterocycles. The van der Waals surface area contributed by atoms with Gasteiger partial charge in [-0.1, -0.05) is 6.92 Å². The highest BCUT2D eigenvalue weighted by molar-refractivity contribution is 7.99. The Kier molecular flexibility index (Phi) is 4.67. The number of aryl methyl sites for hydroxylation is 1. The normalized spacial score (nSPS) is 12.4. The number of nitrogens with two attached hydrogens (primary N) is 1. The van der Waals surface area contributed by atoms with Crippen LogP contribution in [-0.4, -0.2) is 33.7 Å². The standard InChI is InChI=1S/C10H18N4OS/c1-4-16-5-6(2)12-10(15)9-8(11)7(3)13-14-9/h6H,4-5,11H2,1-3H3,(H,12,15)(H,13,14). The van der Waals surface area contributed by atoms with E-state index in [4.69, 9.17) is 5.73 Å². The molecule has 0 spiro atoms. The summed E-state index contributed by atoms with van der Waals surface area (Å²) in [5, 5.41) is 9.44. The summed E-state index contributed by atoms with van der Waals surface area (Å²) in [4.78, 5) is 11.8. The van der Waals surface area contributed by atoms with Crippen molar-refractivity contribution >= 4 is 23.4 Å². The minimum absolute atomic E-state index is 0.119. The molecule has 6 heteroatoms. The minimum Gasteiger partial charge on any atom is -0.395 e. The Morgan fingerprint density at radius 2 is 2.38 bits per heavy atom. The SMILES string of the molecule is CCSCC(C)NC(=O)c1n[nH]c(C)c1N. The molecule has 1 amide bonds. The Morgan fingerprint density at radius 3 is 2.88 bits per heavy atom. The van der Waals surface area contributed by atoms with E-state index in [1.165, 1.54) is 0 Å². The molecule has 0 fully saturated rings. The van der Waals surface area contributed by atoms with Crippen molar-refractivity contribution in [3.8, 4) is 0 Å². The van der Waals surface area contributed by atoms with Crippen LogP contribution in [0.15, 0.2) is 0 Å². The van der Waals surface area contributed by atoms with Crippen molar-refractivity contribution in [1.82, 2.24) is 15.5 Å². The molecule has 0 aliphatic carbocycles. The maximum atomic E-state index is 11.8. The molecule has 16 heavy (non-hydrogen) atoms. The van der Waals surface area contributed by atoms with Gasteiger partial charge in [0.2, 0.25) is 0 Å². The summed E-state index contributed by atoms with van der Waals surface area (Å²) >= 11 is 1.79. The van der Waals surface area contributed by atoms with Crippen LogP contribution < -0.4 is 11.1 Å². The summed E-state index contributed by atoms with van der Waals surface area (Å²) in [7, 11) is 0. The second-order valence-corrected chi connectivity index (χ2v) is 4.96. The van der Waals surface area contributed by atoms with Crippen molar-refractivity contribution in [2.45, 2.75) is 26.8 Å². The maximum Gasteiger partial charge on any atom is 0.274 e. The molecule has 1 unspecified atom stereocenters. The molecule has 0 aliphatic rings. The van der Waals surface area contributed by atoms with Crippen molar-refractivity contribution in [3.05, 3.63) is 11.4 Å². The monoisotopic (exact) mass is 242 g/mol. The molecule has 1 rings (SSSR count). The third-order valence-electron chi connectivity index (χ3n) is 2.16. The fourth-order valence-electron chi connectivity index (χ4n) is 1.24. The average Bonchev–Trinajstić information content (AvgIpc) is 2.57. The van der Waals surface area contributed by atoms with Gasteiger partial charge in [0.15, 0.2) is 5.69 Å². The molecular formula is C10H18N4OS. The highest BCUT2D eigenvalue weighted by atomic mass is 32.2. The fraction of sp³-hybridized carbons (Fsp3) is 0.600. The lowest BCUT2D eigenvalue weighted by molar-refractivity contribution is 0.0939. The smallest absolute Gasteiger partial charge is 0.274 e. The number of H-pyrrole nitrogens is 1. The Labute approximate surface area is 99.6 Å². The Hall–Kier alpha value is -1.17. The summed E-state index contributed by atoms with van der Waals surface area (Å²) in [6.07, 6.45) is 0. The quantitative estimate of drug-likeness (QED) is 0.723. The van der Waals surface area contributed by atoms with Gasteiger partial charge in [-0.2, -0.15) is 16.9 Å². The number of anilines is 1. The lowest BCUT2D eigenvalue weighted by atomic mass is 10.3. The summed E-state index contributed by atoms with van der Waals surface area (Å²) in [6.45, 7) is 5.85. The maximum absolute atomic E-state index is 11.8. The van der Waals surface area contributed by atoms with E-state index in [0.717, 1.165) is 17.2 Å². The van der Waals surface area contributed by atoms with Gasteiger partial charge in [-0.3, -0.25) is 9.89 Å². The summed E-state index contributed by atoms with van der Waals surface area (Å²) < 4.78 is 0. The second kappa shape index (κ2) is 5.79. The number of nitrogens with zero attached hydrogens (tertiary/aromatic N) is 1. The predicted molar refractivity (Wildman–Crippen MR) is 67.7 cm³/mol. The topological polar surface area (TPSA) is 83.8 Å². The first-order valence-electron chi connectivity index (χ1n) is 5.25. The lowest BCUT2D eigenvalue weighted by Gasteiger charge is -2.12. The van der Waals surface area contributed by atoms with Crippen LogP contribution in [0.2, 0.25) is 0 Å². The second-order valence-electron chi connectivity index (χ2n) is 3.64. The Bertz CT molecular complexity index is 364. The number of hydrogen-bond donors (Lipinski definition) is 3. The van der Waals surface area contributed by atoms with Gasteiger partial charge < -0.3 is 11.1 Å². The molecule has 1 atom stereocenters. The zero-order valence-electron chi connectivity index (χ0n) is 9.83. The molecule has 90 valence electrons. The minimum atomic E-state index is -0.217. The first kappa shape index (κ1) is 12.9. The highest BCUT2D eigenvalue weighted by Gasteiger charge is 2.16. The molecule has 0 saturated carbocycles. The number of hydrogen-bond acceptors (Lipinski definition) is 4. The van der Waals surface area contributed by atoms with Crippen LogP contribution in [0, 0.1) is 6.92 Å². The molecule has 1 aromatic rings. The van der Waals surface area contributed by atoms with Gasteiger partial charge in [0.25, 0.3) is 5.91 Å². The van der Waals surface area contributed by atoms with Crippen LogP contribution in [0.4, 0.5) is 5.69 Å². The molecule has 1 heterocycles. The number of carbonyl (C=O) groups is 1. The molecule has 5 nitrogen and oxygen atoms in total. The van der Waals surface area contributed by atoms with Crippen LogP contribution in [0.1, 0.15) is 30.0 Å². The molecule has 0 radical (unpaired) electrons. The zero-order valence-corrected chi connectivity index (χ0v) is 10.6. The summed E-state index contributed by atoms with van der Waals surface area (Å²) in [5.74, 6) is 1.72. The van der Waals surface area contributed by atoms with Gasteiger partial charge in [-0.25, -0.2) is 0 Å². The Morgan fingerprint density at radius 1 is 1.69 bits per heavy atom. The van der Waals surface area contributed by atoms with Crippen molar-refractivity contribution < 1.29 is 4.79 Å². The van der Waals surface area contributed by atoms with Crippen LogP contribution >= 0.6 is 11.8 Å². The third-order valence-corrected chi connectivity index (χ3v) is 3.30. The number of thioether (sulfide) groups is 1.